The minimum absolute atomic E-state index is 0.302. The summed E-state index contributed by atoms with van der Waals surface area (Å²) in [4.78, 5) is 16.3. The molecule has 0 saturated heterocycles. The Morgan fingerprint density at radius 1 is 0.938 bits per heavy atom. The summed E-state index contributed by atoms with van der Waals surface area (Å²) in [5.41, 5.74) is 4.16. The van der Waals surface area contributed by atoms with Gasteiger partial charge in [0.2, 0.25) is 0 Å². The Hall–Kier alpha value is -3.99. The van der Waals surface area contributed by atoms with Crippen molar-refractivity contribution in [3.63, 3.8) is 0 Å². The number of carboxylic acid groups (broad SMARTS) is 1. The molecule has 0 unspecified atom stereocenters. The first-order valence-electron chi connectivity index (χ1n) is 10.6. The molecule has 0 atom stereocenters. The molecule has 0 fully saturated rings. The van der Waals surface area contributed by atoms with Crippen LogP contribution in [-0.4, -0.2) is 25.8 Å². The fourth-order valence-corrected chi connectivity index (χ4v) is 3.66. The maximum absolute atomic E-state index is 11.5. The van der Waals surface area contributed by atoms with E-state index < -0.39 is 5.97 Å². The quantitative estimate of drug-likeness (QED) is 0.385. The Labute approximate surface area is 187 Å². The molecule has 4 rings (SSSR count). The van der Waals surface area contributed by atoms with Crippen LogP contribution >= 0.6 is 0 Å². The summed E-state index contributed by atoms with van der Waals surface area (Å²) >= 11 is 0. The van der Waals surface area contributed by atoms with Gasteiger partial charge in [-0.3, -0.25) is 0 Å². The van der Waals surface area contributed by atoms with Crippen LogP contribution in [0.25, 0.3) is 11.1 Å². The molecule has 0 aliphatic rings. The van der Waals surface area contributed by atoms with E-state index in [-0.39, 0.29) is 0 Å². The zero-order chi connectivity index (χ0) is 22.3. The maximum atomic E-state index is 11.5. The second kappa shape index (κ2) is 9.88. The highest BCUT2D eigenvalue weighted by molar-refractivity contribution is 5.95. The number of hydrogen-bond donors (Lipinski definition) is 1. The summed E-state index contributed by atoms with van der Waals surface area (Å²) in [5, 5.41) is 14.2. The van der Waals surface area contributed by atoms with Gasteiger partial charge in [0.05, 0.1) is 12.1 Å². The highest BCUT2D eigenvalue weighted by Crippen LogP contribution is 2.24. The van der Waals surface area contributed by atoms with Crippen molar-refractivity contribution in [3.8, 4) is 11.1 Å². The number of nitrogens with zero attached hydrogens (tertiary/aromatic N) is 3. The van der Waals surface area contributed by atoms with Crippen LogP contribution in [0.15, 0.2) is 91.0 Å². The lowest BCUT2D eigenvalue weighted by Crippen LogP contribution is -2.07. The zero-order valence-corrected chi connectivity index (χ0v) is 18.0. The van der Waals surface area contributed by atoms with Crippen LogP contribution in [-0.2, 0) is 19.4 Å². The predicted molar refractivity (Wildman–Crippen MR) is 126 cm³/mol. The number of allylic oxidation sites excluding steroid dienone is 2. The predicted octanol–water partition coefficient (Wildman–Crippen LogP) is 5.40. The lowest BCUT2D eigenvalue weighted by molar-refractivity contribution is 0.0697. The average molecular weight is 424 g/mol. The Bertz CT molecular complexity index is 1230. The molecule has 1 N–H and O–H groups in total. The molecule has 5 heteroatoms. The van der Waals surface area contributed by atoms with Gasteiger partial charge in [0, 0.05) is 12.8 Å². The number of aromatic nitrogens is 3. The topological polar surface area (TPSA) is 68.0 Å². The van der Waals surface area contributed by atoms with E-state index in [1.807, 2.05) is 72.3 Å². The van der Waals surface area contributed by atoms with E-state index in [1.165, 1.54) is 5.56 Å². The molecule has 0 saturated carbocycles. The highest BCUT2D eigenvalue weighted by atomic mass is 16.4. The van der Waals surface area contributed by atoms with Gasteiger partial charge in [-0.1, -0.05) is 84.9 Å². The molecular formula is C27H25N3O2. The molecule has 0 amide bonds. The van der Waals surface area contributed by atoms with Crippen LogP contribution in [0.2, 0.25) is 0 Å². The first-order valence-corrected chi connectivity index (χ1v) is 10.6. The fourth-order valence-electron chi connectivity index (χ4n) is 3.66. The molecule has 160 valence electrons. The lowest BCUT2D eigenvalue weighted by Gasteiger charge is -2.09. The van der Waals surface area contributed by atoms with E-state index >= 15 is 0 Å². The summed E-state index contributed by atoms with van der Waals surface area (Å²) in [6.07, 6.45) is 5.52. The molecule has 1 heterocycles. The molecule has 0 aliphatic heterocycles. The number of carboxylic acids is 1. The summed E-state index contributed by atoms with van der Waals surface area (Å²) in [6, 6.07) is 25.2. The van der Waals surface area contributed by atoms with Crippen LogP contribution in [0.5, 0.6) is 0 Å². The van der Waals surface area contributed by atoms with Gasteiger partial charge in [-0.15, -0.1) is 0 Å². The van der Waals surface area contributed by atoms with Gasteiger partial charge < -0.3 is 5.11 Å². The maximum Gasteiger partial charge on any atom is 0.336 e. The van der Waals surface area contributed by atoms with Gasteiger partial charge in [-0.05, 0) is 35.2 Å². The Morgan fingerprint density at radius 2 is 1.66 bits per heavy atom. The van der Waals surface area contributed by atoms with E-state index in [4.69, 9.17) is 10.1 Å². The van der Waals surface area contributed by atoms with E-state index in [9.17, 15) is 9.90 Å². The number of aromatic carboxylic acids is 1. The molecule has 4 aromatic rings. The molecule has 0 radical (unpaired) electrons. The minimum atomic E-state index is -0.924. The number of carbonyl (C=O) groups is 1. The summed E-state index contributed by atoms with van der Waals surface area (Å²) in [5.74, 6) is 0.809. The average Bonchev–Trinajstić information content (AvgIpc) is 3.19. The van der Waals surface area contributed by atoms with Crippen molar-refractivity contribution >= 4 is 5.97 Å². The van der Waals surface area contributed by atoms with Gasteiger partial charge in [0.25, 0.3) is 0 Å². The summed E-state index contributed by atoms with van der Waals surface area (Å²) < 4.78 is 1.96. The lowest BCUT2D eigenvalue weighted by atomic mass is 9.99. The summed E-state index contributed by atoms with van der Waals surface area (Å²) in [7, 11) is 0. The van der Waals surface area contributed by atoms with Crippen molar-refractivity contribution in [1.82, 2.24) is 14.8 Å². The van der Waals surface area contributed by atoms with Crippen molar-refractivity contribution in [2.75, 3.05) is 0 Å². The van der Waals surface area contributed by atoms with Crippen molar-refractivity contribution < 1.29 is 9.90 Å². The van der Waals surface area contributed by atoms with Crippen molar-refractivity contribution in [3.05, 3.63) is 119 Å². The van der Waals surface area contributed by atoms with E-state index in [2.05, 4.69) is 18.2 Å². The van der Waals surface area contributed by atoms with Crippen LogP contribution < -0.4 is 0 Å². The number of rotatable bonds is 8. The third-order valence-corrected chi connectivity index (χ3v) is 5.29. The van der Waals surface area contributed by atoms with Crippen LogP contribution in [0.3, 0.4) is 0 Å². The van der Waals surface area contributed by atoms with E-state index in [0.29, 0.717) is 24.1 Å². The van der Waals surface area contributed by atoms with Crippen LogP contribution in [0.4, 0.5) is 0 Å². The van der Waals surface area contributed by atoms with Crippen LogP contribution in [0.1, 0.15) is 40.1 Å². The van der Waals surface area contributed by atoms with Crippen molar-refractivity contribution in [1.29, 1.82) is 0 Å². The van der Waals surface area contributed by atoms with Gasteiger partial charge >= 0.3 is 5.97 Å². The zero-order valence-electron chi connectivity index (χ0n) is 18.0. The van der Waals surface area contributed by atoms with Crippen LogP contribution in [0, 0.1) is 0 Å². The molecular weight excluding hydrogens is 398 g/mol. The second-order valence-corrected chi connectivity index (χ2v) is 7.59. The first kappa shape index (κ1) is 21.2. The Balaban J connectivity index is 1.57. The van der Waals surface area contributed by atoms with Gasteiger partial charge in [-0.2, -0.15) is 5.10 Å². The van der Waals surface area contributed by atoms with Gasteiger partial charge in [-0.25, -0.2) is 14.5 Å². The smallest absolute Gasteiger partial charge is 0.336 e. The Kier molecular flexibility index (Phi) is 6.56. The fraction of sp³-hybridized carbons (Fsp3) is 0.148. The summed E-state index contributed by atoms with van der Waals surface area (Å²) in [6.45, 7) is 2.61. The SMILES string of the molecule is CC=CCc1nc(Cc2ccccc2)nn1Cc1ccc(-c2ccccc2C(=O)O)cc1. The first-order chi connectivity index (χ1) is 15.6. The van der Waals surface area contributed by atoms with E-state index in [1.54, 1.807) is 12.1 Å². The van der Waals surface area contributed by atoms with Gasteiger partial charge in [0.1, 0.15) is 5.82 Å². The third-order valence-electron chi connectivity index (χ3n) is 5.29. The minimum Gasteiger partial charge on any atom is -0.478 e. The molecule has 3 aromatic carbocycles. The standard InChI is InChI=1S/C27H25N3O2/c1-2-3-13-26-28-25(18-20-9-5-4-6-10-20)29-30(26)19-21-14-16-22(17-15-21)23-11-7-8-12-24(23)27(31)32/h2-12,14-17H,13,18-19H2,1H3,(H,31,32). The normalized spacial score (nSPS) is 11.2. The number of hydrogen-bond acceptors (Lipinski definition) is 3. The highest BCUT2D eigenvalue weighted by Gasteiger charge is 2.12. The third kappa shape index (κ3) is 5.01. The van der Waals surface area contributed by atoms with Gasteiger partial charge in [0.15, 0.2) is 5.82 Å². The Morgan fingerprint density at radius 3 is 2.38 bits per heavy atom. The molecule has 0 spiro atoms. The molecule has 32 heavy (non-hydrogen) atoms. The molecule has 0 aliphatic carbocycles. The number of benzene rings is 3. The molecule has 0 bridgehead atoms. The largest absolute Gasteiger partial charge is 0.478 e. The molecule has 5 nitrogen and oxygen atoms in total. The van der Waals surface area contributed by atoms with E-state index in [0.717, 1.165) is 29.2 Å². The molecule has 1 aromatic heterocycles. The van der Waals surface area contributed by atoms with Crippen molar-refractivity contribution in [2.45, 2.75) is 26.3 Å². The second-order valence-electron chi connectivity index (χ2n) is 7.59. The van der Waals surface area contributed by atoms with Crippen molar-refractivity contribution in [2.24, 2.45) is 0 Å². The monoisotopic (exact) mass is 423 g/mol.